The zero-order valence-electron chi connectivity index (χ0n) is 13.5. The van der Waals surface area contributed by atoms with E-state index in [9.17, 15) is 0 Å². The quantitative estimate of drug-likeness (QED) is 0.776. The van der Waals surface area contributed by atoms with Crippen LogP contribution in [0.1, 0.15) is 19.2 Å². The number of aromatic nitrogens is 3. The van der Waals surface area contributed by atoms with Crippen molar-refractivity contribution in [3.63, 3.8) is 0 Å². The molecule has 2 fully saturated rings. The summed E-state index contributed by atoms with van der Waals surface area (Å²) < 4.78 is 13.4. The van der Waals surface area contributed by atoms with Crippen molar-refractivity contribution in [3.05, 3.63) is 12.2 Å². The molecule has 1 atom stereocenters. The third-order valence-electron chi connectivity index (χ3n) is 4.36. The Morgan fingerprint density at radius 3 is 2.86 bits per heavy atom. The van der Waals surface area contributed by atoms with Crippen LogP contribution in [-0.4, -0.2) is 83.2 Å². The summed E-state index contributed by atoms with van der Waals surface area (Å²) in [6.45, 7) is 11.4. The van der Waals surface area contributed by atoms with Gasteiger partial charge in [-0.05, 0) is 13.3 Å². The summed E-state index contributed by atoms with van der Waals surface area (Å²) in [5.74, 6) is 1.05. The number of aryl methyl sites for hydroxylation is 1. The maximum Gasteiger partial charge on any atom is 0.140 e. The van der Waals surface area contributed by atoms with Crippen LogP contribution in [-0.2, 0) is 22.6 Å². The Morgan fingerprint density at radius 2 is 2.05 bits per heavy atom. The third kappa shape index (κ3) is 4.25. The van der Waals surface area contributed by atoms with Gasteiger partial charge >= 0.3 is 0 Å². The van der Waals surface area contributed by atoms with Gasteiger partial charge in [0.05, 0.1) is 25.9 Å². The van der Waals surface area contributed by atoms with Gasteiger partial charge in [0.2, 0.25) is 0 Å². The number of nitrogens with zero attached hydrogens (tertiary/aromatic N) is 5. The van der Waals surface area contributed by atoms with E-state index < -0.39 is 0 Å². The molecule has 3 rings (SSSR count). The molecule has 22 heavy (non-hydrogen) atoms. The van der Waals surface area contributed by atoms with Gasteiger partial charge in [-0.2, -0.15) is 5.10 Å². The van der Waals surface area contributed by atoms with Gasteiger partial charge in [0.25, 0.3) is 0 Å². The Labute approximate surface area is 132 Å². The monoisotopic (exact) mass is 309 g/mol. The van der Waals surface area contributed by atoms with Gasteiger partial charge in [0.1, 0.15) is 12.2 Å². The van der Waals surface area contributed by atoms with E-state index in [1.54, 1.807) is 6.33 Å². The minimum absolute atomic E-state index is 0.276. The molecule has 7 heteroatoms. The van der Waals surface area contributed by atoms with Crippen molar-refractivity contribution in [2.75, 3.05) is 52.5 Å². The lowest BCUT2D eigenvalue weighted by atomic mass is 10.2. The van der Waals surface area contributed by atoms with Crippen LogP contribution in [0.4, 0.5) is 0 Å². The molecule has 0 saturated carbocycles. The van der Waals surface area contributed by atoms with Crippen LogP contribution in [0, 0.1) is 0 Å². The maximum atomic E-state index is 6.04. The summed E-state index contributed by atoms with van der Waals surface area (Å²) in [6.07, 6.45) is 3.01. The molecular formula is C15H27N5O2. The summed E-state index contributed by atoms with van der Waals surface area (Å²) in [5.41, 5.74) is 0. The van der Waals surface area contributed by atoms with E-state index in [1.807, 2.05) is 4.68 Å². The molecule has 0 unspecified atom stereocenters. The molecule has 0 bridgehead atoms. The van der Waals surface area contributed by atoms with E-state index in [0.717, 1.165) is 77.9 Å². The zero-order chi connectivity index (χ0) is 15.2. The highest BCUT2D eigenvalue weighted by Crippen LogP contribution is 2.11. The molecule has 7 nitrogen and oxygen atoms in total. The van der Waals surface area contributed by atoms with Crippen LogP contribution in [0.5, 0.6) is 0 Å². The van der Waals surface area contributed by atoms with Crippen molar-refractivity contribution in [3.8, 4) is 0 Å². The highest BCUT2D eigenvalue weighted by molar-refractivity contribution is 4.86. The van der Waals surface area contributed by atoms with E-state index >= 15 is 0 Å². The van der Waals surface area contributed by atoms with Gasteiger partial charge in [0, 0.05) is 45.9 Å². The number of ether oxygens (including phenoxy) is 2. The molecule has 1 aromatic heterocycles. The van der Waals surface area contributed by atoms with Crippen molar-refractivity contribution in [1.82, 2.24) is 24.6 Å². The maximum absolute atomic E-state index is 6.04. The first-order valence-electron chi connectivity index (χ1n) is 8.36. The van der Waals surface area contributed by atoms with Crippen LogP contribution >= 0.6 is 0 Å². The number of morpholine rings is 1. The van der Waals surface area contributed by atoms with Crippen molar-refractivity contribution in [2.24, 2.45) is 0 Å². The molecule has 0 aromatic carbocycles. The molecule has 124 valence electrons. The highest BCUT2D eigenvalue weighted by Gasteiger charge is 2.23. The van der Waals surface area contributed by atoms with Gasteiger partial charge in [0.15, 0.2) is 0 Å². The molecule has 0 aliphatic carbocycles. The summed E-state index contributed by atoms with van der Waals surface area (Å²) in [6, 6.07) is 0. The summed E-state index contributed by atoms with van der Waals surface area (Å²) in [7, 11) is 0. The summed E-state index contributed by atoms with van der Waals surface area (Å²) in [5, 5.41) is 4.26. The van der Waals surface area contributed by atoms with Gasteiger partial charge in [-0.1, -0.05) is 0 Å². The summed E-state index contributed by atoms with van der Waals surface area (Å²) in [4.78, 5) is 9.30. The Kier molecular flexibility index (Phi) is 5.77. The lowest BCUT2D eigenvalue weighted by Crippen LogP contribution is -2.44. The van der Waals surface area contributed by atoms with Crippen LogP contribution in [0.15, 0.2) is 6.33 Å². The minimum atomic E-state index is 0.276. The largest absolute Gasteiger partial charge is 0.379 e. The standard InChI is InChI=1S/C15H27N5O2/c1-2-20-15(16-13-17-20)12-19-4-3-7-22-14(11-19)10-18-5-8-21-9-6-18/h13-14H,2-12H2,1H3/t14-/m0/s1. The first-order chi connectivity index (χ1) is 10.8. The predicted molar refractivity (Wildman–Crippen MR) is 82.6 cm³/mol. The smallest absolute Gasteiger partial charge is 0.140 e. The Hall–Kier alpha value is -1.02. The number of hydrogen-bond donors (Lipinski definition) is 0. The molecule has 0 amide bonds. The molecule has 0 radical (unpaired) electrons. The zero-order valence-corrected chi connectivity index (χ0v) is 13.5. The Bertz CT molecular complexity index is 447. The lowest BCUT2D eigenvalue weighted by Gasteiger charge is -2.31. The fourth-order valence-electron chi connectivity index (χ4n) is 3.17. The molecule has 0 N–H and O–H groups in total. The van der Waals surface area contributed by atoms with Crippen molar-refractivity contribution < 1.29 is 9.47 Å². The average Bonchev–Trinajstić information content (AvgIpc) is 2.87. The predicted octanol–water partition coefficient (Wildman–Crippen LogP) is 0.221. The second-order valence-electron chi connectivity index (χ2n) is 5.99. The fourth-order valence-corrected chi connectivity index (χ4v) is 3.17. The molecule has 2 aliphatic heterocycles. The number of hydrogen-bond acceptors (Lipinski definition) is 6. The second kappa shape index (κ2) is 8.01. The van der Waals surface area contributed by atoms with Gasteiger partial charge in [-0.25, -0.2) is 9.67 Å². The van der Waals surface area contributed by atoms with Crippen molar-refractivity contribution >= 4 is 0 Å². The van der Waals surface area contributed by atoms with Gasteiger partial charge in [-0.15, -0.1) is 0 Å². The third-order valence-corrected chi connectivity index (χ3v) is 4.36. The molecule has 2 aliphatic rings. The topological polar surface area (TPSA) is 55.7 Å². The average molecular weight is 309 g/mol. The molecule has 1 aromatic rings. The van der Waals surface area contributed by atoms with Gasteiger partial charge in [-0.3, -0.25) is 9.80 Å². The van der Waals surface area contributed by atoms with Gasteiger partial charge < -0.3 is 9.47 Å². The van der Waals surface area contributed by atoms with Crippen molar-refractivity contribution in [2.45, 2.75) is 32.5 Å². The molecule has 0 spiro atoms. The first-order valence-corrected chi connectivity index (χ1v) is 8.36. The van der Waals surface area contributed by atoms with E-state index in [4.69, 9.17) is 9.47 Å². The van der Waals surface area contributed by atoms with Crippen LogP contribution in [0.25, 0.3) is 0 Å². The normalized spacial score (nSPS) is 25.2. The second-order valence-corrected chi connectivity index (χ2v) is 5.99. The van der Waals surface area contributed by atoms with E-state index in [2.05, 4.69) is 26.8 Å². The van der Waals surface area contributed by atoms with E-state index in [-0.39, 0.29) is 6.10 Å². The highest BCUT2D eigenvalue weighted by atomic mass is 16.5. The van der Waals surface area contributed by atoms with Crippen LogP contribution < -0.4 is 0 Å². The number of rotatable bonds is 5. The molecule has 3 heterocycles. The van der Waals surface area contributed by atoms with E-state index in [1.165, 1.54) is 0 Å². The lowest BCUT2D eigenvalue weighted by molar-refractivity contribution is -0.0124. The summed E-state index contributed by atoms with van der Waals surface area (Å²) >= 11 is 0. The fraction of sp³-hybridized carbons (Fsp3) is 0.867. The minimum Gasteiger partial charge on any atom is -0.379 e. The molecular weight excluding hydrogens is 282 g/mol. The SMILES string of the molecule is CCn1ncnc1CN1CCCO[C@@H](CN2CCOCC2)C1. The van der Waals surface area contributed by atoms with E-state index in [0.29, 0.717) is 0 Å². The first kappa shape index (κ1) is 15.9. The Morgan fingerprint density at radius 1 is 1.18 bits per heavy atom. The van der Waals surface area contributed by atoms with Crippen LogP contribution in [0.3, 0.4) is 0 Å². The Balaban J connectivity index is 1.55. The van der Waals surface area contributed by atoms with Crippen LogP contribution in [0.2, 0.25) is 0 Å². The van der Waals surface area contributed by atoms with Crippen molar-refractivity contribution in [1.29, 1.82) is 0 Å². The molecule has 2 saturated heterocycles.